The van der Waals surface area contributed by atoms with Gasteiger partial charge in [-0.2, -0.15) is 0 Å². The van der Waals surface area contributed by atoms with Crippen LogP contribution in [0.4, 0.5) is 0 Å². The average Bonchev–Trinajstić information content (AvgIpc) is 2.85. The third kappa shape index (κ3) is 2.14. The molecule has 102 valence electrons. The molecule has 3 nitrogen and oxygen atoms in total. The number of hydrogen-bond acceptors (Lipinski definition) is 3. The van der Waals surface area contributed by atoms with Crippen LogP contribution in [-0.2, 0) is 0 Å². The van der Waals surface area contributed by atoms with Crippen molar-refractivity contribution in [3.63, 3.8) is 0 Å². The van der Waals surface area contributed by atoms with E-state index in [2.05, 4.69) is 16.4 Å². The second-order valence-electron chi connectivity index (χ2n) is 6.40. The lowest BCUT2D eigenvalue weighted by Gasteiger charge is -2.20. The highest BCUT2D eigenvalue weighted by atomic mass is 16.5. The van der Waals surface area contributed by atoms with Crippen molar-refractivity contribution in [2.24, 2.45) is 0 Å². The monoisotopic (exact) mass is 258 g/mol. The minimum Gasteiger partial charge on any atom is -0.489 e. The van der Waals surface area contributed by atoms with E-state index in [0.717, 1.165) is 12.3 Å². The molecule has 1 N–H and O–H groups in total. The fourth-order valence-corrected chi connectivity index (χ4v) is 3.90. The molecule has 1 aromatic heterocycles. The Hall–Kier alpha value is -1.09. The zero-order valence-electron chi connectivity index (χ0n) is 11.4. The predicted octanol–water partition coefficient (Wildman–Crippen LogP) is 3.01. The minimum atomic E-state index is 0.410. The summed E-state index contributed by atoms with van der Waals surface area (Å²) >= 11 is 0. The third-order valence-corrected chi connectivity index (χ3v) is 5.11. The Balaban J connectivity index is 1.53. The molecule has 0 amide bonds. The molecule has 2 aliphatic carbocycles. The first-order chi connectivity index (χ1) is 9.36. The Morgan fingerprint density at radius 1 is 1.16 bits per heavy atom. The Labute approximate surface area is 114 Å². The molecule has 3 fully saturated rings. The number of ether oxygens (including phenoxy) is 1. The summed E-state index contributed by atoms with van der Waals surface area (Å²) in [4.78, 5) is 4.41. The van der Waals surface area contributed by atoms with E-state index >= 15 is 0 Å². The quantitative estimate of drug-likeness (QED) is 0.905. The van der Waals surface area contributed by atoms with Crippen molar-refractivity contribution in [1.82, 2.24) is 10.3 Å². The smallest absolute Gasteiger partial charge is 0.138 e. The van der Waals surface area contributed by atoms with Crippen LogP contribution in [0, 0.1) is 0 Å². The van der Waals surface area contributed by atoms with Crippen LogP contribution in [0.5, 0.6) is 5.75 Å². The molecule has 1 atom stereocenters. The van der Waals surface area contributed by atoms with Crippen molar-refractivity contribution < 1.29 is 4.74 Å². The lowest BCUT2D eigenvalue weighted by molar-refractivity contribution is 0.209. The second-order valence-corrected chi connectivity index (χ2v) is 6.40. The minimum absolute atomic E-state index is 0.410. The molecular formula is C16H22N2O. The zero-order valence-corrected chi connectivity index (χ0v) is 11.4. The molecule has 1 aromatic rings. The summed E-state index contributed by atoms with van der Waals surface area (Å²) < 4.78 is 6.08. The first kappa shape index (κ1) is 11.7. The molecule has 1 saturated heterocycles. The predicted molar refractivity (Wildman–Crippen MR) is 74.4 cm³/mol. The average molecular weight is 258 g/mol. The van der Waals surface area contributed by atoms with Gasteiger partial charge in [0, 0.05) is 17.7 Å². The number of hydrogen-bond donors (Lipinski definition) is 1. The summed E-state index contributed by atoms with van der Waals surface area (Å²) in [5.74, 6) is 1.62. The highest BCUT2D eigenvalue weighted by Gasteiger charge is 2.52. The summed E-state index contributed by atoms with van der Waals surface area (Å²) in [7, 11) is 0. The Kier molecular flexibility index (Phi) is 2.76. The summed E-state index contributed by atoms with van der Waals surface area (Å²) in [6.07, 6.45) is 13.3. The molecule has 4 rings (SSSR count). The zero-order chi connectivity index (χ0) is 12.7. The van der Waals surface area contributed by atoms with Crippen molar-refractivity contribution in [1.29, 1.82) is 0 Å². The first-order valence-corrected chi connectivity index (χ1v) is 7.72. The van der Waals surface area contributed by atoms with Crippen LogP contribution < -0.4 is 10.1 Å². The van der Waals surface area contributed by atoms with E-state index in [4.69, 9.17) is 4.74 Å². The summed E-state index contributed by atoms with van der Waals surface area (Å²) in [6.45, 7) is 1.15. The standard InChI is InChI=1S/C16H22N2O/c1-2-4-13(3-1)19-14-9-12(10-17-11-14)15-5-8-18-16(15)6-7-16/h9-11,13,15,18H,1-8H2. The number of aromatic nitrogens is 1. The van der Waals surface area contributed by atoms with E-state index < -0.39 is 0 Å². The normalized spacial score (nSPS) is 28.9. The molecule has 0 radical (unpaired) electrons. The number of nitrogens with one attached hydrogen (secondary N) is 1. The molecule has 2 heterocycles. The maximum atomic E-state index is 6.08. The Bertz CT molecular complexity index is 464. The molecule has 0 aromatic carbocycles. The largest absolute Gasteiger partial charge is 0.489 e. The van der Waals surface area contributed by atoms with E-state index in [-0.39, 0.29) is 0 Å². The maximum Gasteiger partial charge on any atom is 0.138 e. The highest BCUT2D eigenvalue weighted by molar-refractivity contribution is 5.33. The van der Waals surface area contributed by atoms with Crippen molar-refractivity contribution in [2.75, 3.05) is 6.54 Å². The number of rotatable bonds is 3. The molecule has 3 aliphatic rings. The molecule has 3 heteroatoms. The van der Waals surface area contributed by atoms with Crippen LogP contribution >= 0.6 is 0 Å². The lowest BCUT2D eigenvalue weighted by atomic mass is 9.91. The van der Waals surface area contributed by atoms with Gasteiger partial charge in [-0.15, -0.1) is 0 Å². The third-order valence-electron chi connectivity index (χ3n) is 5.11. The first-order valence-electron chi connectivity index (χ1n) is 7.72. The maximum absolute atomic E-state index is 6.08. The van der Waals surface area contributed by atoms with Crippen LogP contribution in [-0.4, -0.2) is 23.2 Å². The van der Waals surface area contributed by atoms with Gasteiger partial charge in [-0.3, -0.25) is 4.98 Å². The summed E-state index contributed by atoms with van der Waals surface area (Å²) in [5, 5.41) is 3.68. The van der Waals surface area contributed by atoms with Crippen LogP contribution in [0.25, 0.3) is 0 Å². The van der Waals surface area contributed by atoms with Crippen molar-refractivity contribution in [3.05, 3.63) is 24.0 Å². The van der Waals surface area contributed by atoms with Crippen LogP contribution in [0.2, 0.25) is 0 Å². The van der Waals surface area contributed by atoms with Crippen molar-refractivity contribution >= 4 is 0 Å². The van der Waals surface area contributed by atoms with Gasteiger partial charge in [0.1, 0.15) is 5.75 Å². The Morgan fingerprint density at radius 3 is 2.79 bits per heavy atom. The van der Waals surface area contributed by atoms with Crippen molar-refractivity contribution in [3.8, 4) is 5.75 Å². The second kappa shape index (κ2) is 4.48. The van der Waals surface area contributed by atoms with E-state index in [9.17, 15) is 0 Å². The Morgan fingerprint density at radius 2 is 2.00 bits per heavy atom. The topological polar surface area (TPSA) is 34.2 Å². The van der Waals surface area contributed by atoms with Crippen LogP contribution in [0.15, 0.2) is 18.5 Å². The van der Waals surface area contributed by atoms with E-state index in [1.165, 1.54) is 50.5 Å². The fraction of sp³-hybridized carbons (Fsp3) is 0.688. The lowest BCUT2D eigenvalue weighted by Crippen LogP contribution is -2.27. The van der Waals surface area contributed by atoms with Crippen LogP contribution in [0.3, 0.4) is 0 Å². The molecule has 1 unspecified atom stereocenters. The number of pyridine rings is 1. The highest BCUT2D eigenvalue weighted by Crippen LogP contribution is 2.52. The molecule has 1 aliphatic heterocycles. The van der Waals surface area contributed by atoms with Gasteiger partial charge in [-0.05, 0) is 63.1 Å². The number of nitrogens with zero attached hydrogens (tertiary/aromatic N) is 1. The van der Waals surface area contributed by atoms with Gasteiger partial charge in [-0.1, -0.05) is 0 Å². The molecule has 0 bridgehead atoms. The van der Waals surface area contributed by atoms with Gasteiger partial charge in [0.2, 0.25) is 0 Å². The summed E-state index contributed by atoms with van der Waals surface area (Å²) in [6, 6.07) is 2.24. The fourth-order valence-electron chi connectivity index (χ4n) is 3.90. The van der Waals surface area contributed by atoms with Crippen LogP contribution in [0.1, 0.15) is 56.4 Å². The van der Waals surface area contributed by atoms with Gasteiger partial charge in [0.15, 0.2) is 0 Å². The van der Waals surface area contributed by atoms with Gasteiger partial charge in [0.05, 0.1) is 12.3 Å². The van der Waals surface area contributed by atoms with E-state index in [1.54, 1.807) is 0 Å². The molecule has 19 heavy (non-hydrogen) atoms. The van der Waals surface area contributed by atoms with Gasteiger partial charge in [0.25, 0.3) is 0 Å². The van der Waals surface area contributed by atoms with Crippen molar-refractivity contribution in [2.45, 2.75) is 62.5 Å². The molecular weight excluding hydrogens is 236 g/mol. The SMILES string of the molecule is c1ncc(C2CCNC23CC3)cc1OC1CCCC1. The summed E-state index contributed by atoms with van der Waals surface area (Å²) in [5.41, 5.74) is 1.78. The van der Waals surface area contributed by atoms with E-state index in [0.29, 0.717) is 17.6 Å². The molecule has 2 saturated carbocycles. The van der Waals surface area contributed by atoms with E-state index in [1.807, 2.05) is 12.4 Å². The van der Waals surface area contributed by atoms with Gasteiger partial charge < -0.3 is 10.1 Å². The van der Waals surface area contributed by atoms with Gasteiger partial charge in [-0.25, -0.2) is 0 Å². The molecule has 1 spiro atoms. The van der Waals surface area contributed by atoms with Gasteiger partial charge >= 0.3 is 0 Å².